The van der Waals surface area contributed by atoms with E-state index in [-0.39, 0.29) is 0 Å². The third-order valence-electron chi connectivity index (χ3n) is 2.90. The lowest BCUT2D eigenvalue weighted by Gasteiger charge is -2.17. The van der Waals surface area contributed by atoms with Crippen LogP contribution in [0, 0.1) is 12.3 Å². The second kappa shape index (κ2) is 6.04. The summed E-state index contributed by atoms with van der Waals surface area (Å²) < 4.78 is 0. The zero-order valence-electron chi connectivity index (χ0n) is 11.4. The fraction of sp³-hybridized carbons (Fsp3) is 0.467. The Morgan fingerprint density at radius 3 is 2.29 bits per heavy atom. The molecule has 0 saturated carbocycles. The van der Waals surface area contributed by atoms with Crippen LogP contribution >= 0.6 is 0 Å². The molecule has 92 valence electrons. The third kappa shape index (κ3) is 4.76. The molecule has 1 unspecified atom stereocenters. The summed E-state index contributed by atoms with van der Waals surface area (Å²) in [5.74, 6) is 2.68. The summed E-state index contributed by atoms with van der Waals surface area (Å²) in [4.78, 5) is 0. The van der Waals surface area contributed by atoms with Crippen LogP contribution < -0.4 is 10.5 Å². The van der Waals surface area contributed by atoms with Gasteiger partial charge in [0.25, 0.3) is 0 Å². The highest BCUT2D eigenvalue weighted by Gasteiger charge is 2.15. The maximum Gasteiger partial charge on any atom is 0.0775 e. The quantitative estimate of drug-likeness (QED) is 0.621. The molecule has 0 fully saturated rings. The van der Waals surface area contributed by atoms with E-state index in [1.165, 1.54) is 10.8 Å². The number of nitrogens with one attached hydrogen (secondary N) is 1. The molecular weight excluding hydrogens is 222 g/mol. The van der Waals surface area contributed by atoms with Crippen molar-refractivity contribution in [3.05, 3.63) is 29.8 Å². The van der Waals surface area contributed by atoms with Gasteiger partial charge in [0.2, 0.25) is 0 Å². The Bertz CT molecular complexity index is 381. The molecule has 1 atom stereocenters. The van der Waals surface area contributed by atoms with Crippen molar-refractivity contribution in [2.45, 2.75) is 45.6 Å². The standard InChI is InChI=1S/C15H23NSi/c1-6-7-13(2)16-12-14-8-10-15(11-9-14)17(3,4)5/h1,8-11,13,16H,7,12H2,2-5H3. The van der Waals surface area contributed by atoms with Gasteiger partial charge in [-0.15, -0.1) is 12.3 Å². The van der Waals surface area contributed by atoms with E-state index < -0.39 is 8.07 Å². The average Bonchev–Trinajstić information content (AvgIpc) is 2.26. The lowest BCUT2D eigenvalue weighted by molar-refractivity contribution is 0.559. The topological polar surface area (TPSA) is 12.0 Å². The number of rotatable bonds is 5. The highest BCUT2D eigenvalue weighted by Crippen LogP contribution is 2.05. The van der Waals surface area contributed by atoms with E-state index in [9.17, 15) is 0 Å². The first kappa shape index (κ1) is 14.0. The Balaban J connectivity index is 2.55. The molecular formula is C15H23NSi. The van der Waals surface area contributed by atoms with Gasteiger partial charge < -0.3 is 5.32 Å². The molecule has 0 saturated heterocycles. The van der Waals surface area contributed by atoms with Crippen molar-refractivity contribution >= 4 is 13.3 Å². The first-order valence-electron chi connectivity index (χ1n) is 6.19. The molecule has 0 aliphatic heterocycles. The van der Waals surface area contributed by atoms with E-state index in [2.05, 4.69) is 62.1 Å². The van der Waals surface area contributed by atoms with Crippen molar-refractivity contribution in [3.63, 3.8) is 0 Å². The highest BCUT2D eigenvalue weighted by atomic mass is 28.3. The summed E-state index contributed by atoms with van der Waals surface area (Å²) in [7, 11) is -1.16. The van der Waals surface area contributed by atoms with E-state index in [0.717, 1.165) is 13.0 Å². The Kier molecular flexibility index (Phi) is 4.98. The van der Waals surface area contributed by atoms with Crippen LogP contribution in [0.3, 0.4) is 0 Å². The van der Waals surface area contributed by atoms with Gasteiger partial charge in [0, 0.05) is 19.0 Å². The van der Waals surface area contributed by atoms with Gasteiger partial charge in [0.05, 0.1) is 8.07 Å². The SMILES string of the molecule is C#CCC(C)NCc1ccc([Si](C)(C)C)cc1. The average molecular weight is 245 g/mol. The molecule has 17 heavy (non-hydrogen) atoms. The Morgan fingerprint density at radius 2 is 1.82 bits per heavy atom. The third-order valence-corrected chi connectivity index (χ3v) is 4.96. The van der Waals surface area contributed by atoms with Crippen LogP contribution in [0.4, 0.5) is 0 Å². The van der Waals surface area contributed by atoms with Gasteiger partial charge in [0.1, 0.15) is 0 Å². The Morgan fingerprint density at radius 1 is 1.24 bits per heavy atom. The summed E-state index contributed by atoms with van der Waals surface area (Å²) in [6, 6.07) is 9.38. The van der Waals surface area contributed by atoms with Crippen LogP contribution in [0.1, 0.15) is 18.9 Å². The molecule has 1 rings (SSSR count). The maximum atomic E-state index is 5.28. The smallest absolute Gasteiger partial charge is 0.0775 e. The first-order valence-corrected chi connectivity index (χ1v) is 9.69. The van der Waals surface area contributed by atoms with Gasteiger partial charge in [-0.05, 0) is 12.5 Å². The Labute approximate surface area is 107 Å². The summed E-state index contributed by atoms with van der Waals surface area (Å²) in [6.07, 6.45) is 6.07. The number of hydrogen-bond donors (Lipinski definition) is 1. The largest absolute Gasteiger partial charge is 0.309 e. The highest BCUT2D eigenvalue weighted by molar-refractivity contribution is 6.88. The van der Waals surface area contributed by atoms with Crippen molar-refractivity contribution in [1.29, 1.82) is 0 Å². The van der Waals surface area contributed by atoms with Crippen LogP contribution in [-0.2, 0) is 6.54 Å². The lowest BCUT2D eigenvalue weighted by atomic mass is 10.2. The number of benzene rings is 1. The first-order chi connectivity index (χ1) is 7.93. The molecule has 1 N–H and O–H groups in total. The van der Waals surface area contributed by atoms with Gasteiger partial charge in [0.15, 0.2) is 0 Å². The lowest BCUT2D eigenvalue weighted by Crippen LogP contribution is -2.37. The molecule has 0 radical (unpaired) electrons. The predicted octanol–water partition coefficient (Wildman–Crippen LogP) is 2.73. The van der Waals surface area contributed by atoms with Crippen LogP contribution in [0.2, 0.25) is 19.6 Å². The molecule has 0 aliphatic carbocycles. The van der Waals surface area contributed by atoms with Crippen molar-refractivity contribution in [2.24, 2.45) is 0 Å². The molecule has 0 aliphatic rings. The molecule has 0 bridgehead atoms. The van der Waals surface area contributed by atoms with E-state index in [4.69, 9.17) is 6.42 Å². The summed E-state index contributed by atoms with van der Waals surface area (Å²) >= 11 is 0. The van der Waals surface area contributed by atoms with Crippen LogP contribution in [-0.4, -0.2) is 14.1 Å². The number of terminal acetylenes is 1. The molecule has 1 aromatic carbocycles. The van der Waals surface area contributed by atoms with Crippen molar-refractivity contribution in [1.82, 2.24) is 5.32 Å². The van der Waals surface area contributed by atoms with Crippen LogP contribution in [0.5, 0.6) is 0 Å². The molecule has 1 aromatic rings. The fourth-order valence-electron chi connectivity index (χ4n) is 1.66. The van der Waals surface area contributed by atoms with Gasteiger partial charge in [-0.1, -0.05) is 49.1 Å². The van der Waals surface area contributed by atoms with Gasteiger partial charge in [-0.3, -0.25) is 0 Å². The van der Waals surface area contributed by atoms with Crippen molar-refractivity contribution in [3.8, 4) is 12.3 Å². The summed E-state index contributed by atoms with van der Waals surface area (Å²) in [5.41, 5.74) is 1.33. The fourth-order valence-corrected chi connectivity index (χ4v) is 2.83. The van der Waals surface area contributed by atoms with E-state index in [1.54, 1.807) is 0 Å². The normalized spacial score (nSPS) is 13.1. The predicted molar refractivity (Wildman–Crippen MR) is 79.2 cm³/mol. The molecule has 1 nitrogen and oxygen atoms in total. The second-order valence-electron chi connectivity index (χ2n) is 5.64. The van der Waals surface area contributed by atoms with Crippen LogP contribution in [0.25, 0.3) is 0 Å². The number of hydrogen-bond acceptors (Lipinski definition) is 1. The van der Waals surface area contributed by atoms with Gasteiger partial charge >= 0.3 is 0 Å². The molecule has 0 heterocycles. The minimum absolute atomic E-state index is 0.386. The zero-order valence-corrected chi connectivity index (χ0v) is 12.4. The monoisotopic (exact) mass is 245 g/mol. The maximum absolute atomic E-state index is 5.28. The Hall–Kier alpha value is -1.04. The minimum Gasteiger partial charge on any atom is -0.309 e. The zero-order chi connectivity index (χ0) is 12.9. The second-order valence-corrected chi connectivity index (χ2v) is 10.7. The molecule has 0 spiro atoms. The van der Waals surface area contributed by atoms with E-state index in [0.29, 0.717) is 6.04 Å². The molecule has 0 aromatic heterocycles. The van der Waals surface area contributed by atoms with Gasteiger partial charge in [-0.25, -0.2) is 0 Å². The van der Waals surface area contributed by atoms with Crippen LogP contribution in [0.15, 0.2) is 24.3 Å². The van der Waals surface area contributed by atoms with Gasteiger partial charge in [-0.2, -0.15) is 0 Å². The van der Waals surface area contributed by atoms with E-state index in [1.807, 2.05) is 0 Å². The van der Waals surface area contributed by atoms with E-state index >= 15 is 0 Å². The molecule has 0 amide bonds. The van der Waals surface area contributed by atoms with Crippen molar-refractivity contribution < 1.29 is 0 Å². The summed E-state index contributed by atoms with van der Waals surface area (Å²) in [6.45, 7) is 10.1. The molecule has 2 heteroatoms. The summed E-state index contributed by atoms with van der Waals surface area (Å²) in [5, 5.41) is 4.94. The minimum atomic E-state index is -1.16. The van der Waals surface area contributed by atoms with Crippen molar-refractivity contribution in [2.75, 3.05) is 0 Å².